The Kier molecular flexibility index (Phi) is 3.18. The van der Waals surface area contributed by atoms with Crippen LogP contribution in [0.5, 0.6) is 5.75 Å². The molecule has 17 heavy (non-hydrogen) atoms. The van der Waals surface area contributed by atoms with Crippen LogP contribution in [0.4, 0.5) is 0 Å². The zero-order chi connectivity index (χ0) is 12.4. The summed E-state index contributed by atoms with van der Waals surface area (Å²) in [5.74, 6) is 1.75. The SMILES string of the molecule is Cc1cccc(OCc2c(C)noc2C)c1C. The van der Waals surface area contributed by atoms with E-state index < -0.39 is 0 Å². The van der Waals surface area contributed by atoms with Gasteiger partial charge in [-0.2, -0.15) is 0 Å². The summed E-state index contributed by atoms with van der Waals surface area (Å²) in [7, 11) is 0. The smallest absolute Gasteiger partial charge is 0.140 e. The first-order valence-electron chi connectivity index (χ1n) is 5.70. The van der Waals surface area contributed by atoms with Gasteiger partial charge in [-0.1, -0.05) is 17.3 Å². The monoisotopic (exact) mass is 231 g/mol. The molecule has 0 fully saturated rings. The van der Waals surface area contributed by atoms with Crippen LogP contribution >= 0.6 is 0 Å². The van der Waals surface area contributed by atoms with Crippen LogP contribution in [-0.2, 0) is 6.61 Å². The Labute approximate surface area is 101 Å². The summed E-state index contributed by atoms with van der Waals surface area (Å²) in [6.07, 6.45) is 0. The van der Waals surface area contributed by atoms with Crippen LogP contribution in [0.3, 0.4) is 0 Å². The fraction of sp³-hybridized carbons (Fsp3) is 0.357. The predicted molar refractivity (Wildman–Crippen MR) is 66.2 cm³/mol. The Hall–Kier alpha value is -1.77. The molecule has 3 heteroatoms. The summed E-state index contributed by atoms with van der Waals surface area (Å²) in [6.45, 7) is 8.49. The lowest BCUT2D eigenvalue weighted by molar-refractivity contribution is 0.299. The first-order chi connectivity index (χ1) is 8.09. The van der Waals surface area contributed by atoms with E-state index in [4.69, 9.17) is 9.26 Å². The maximum absolute atomic E-state index is 5.82. The molecule has 0 atom stereocenters. The Morgan fingerprint density at radius 2 is 1.94 bits per heavy atom. The highest BCUT2D eigenvalue weighted by atomic mass is 16.5. The predicted octanol–water partition coefficient (Wildman–Crippen LogP) is 3.49. The molecular weight excluding hydrogens is 214 g/mol. The molecule has 90 valence electrons. The normalized spacial score (nSPS) is 10.6. The minimum absolute atomic E-state index is 0.505. The van der Waals surface area contributed by atoms with Crippen LogP contribution in [0.1, 0.15) is 28.1 Å². The highest BCUT2D eigenvalue weighted by molar-refractivity contribution is 5.38. The molecule has 2 rings (SSSR count). The molecule has 0 unspecified atom stereocenters. The van der Waals surface area contributed by atoms with Gasteiger partial charge in [0.25, 0.3) is 0 Å². The molecule has 0 N–H and O–H groups in total. The molecule has 1 aromatic carbocycles. The molecule has 0 radical (unpaired) electrons. The van der Waals surface area contributed by atoms with Crippen molar-refractivity contribution in [2.24, 2.45) is 0 Å². The Balaban J connectivity index is 2.15. The van der Waals surface area contributed by atoms with Gasteiger partial charge in [-0.05, 0) is 44.9 Å². The summed E-state index contributed by atoms with van der Waals surface area (Å²) in [5.41, 5.74) is 4.35. The lowest BCUT2D eigenvalue weighted by atomic mass is 10.1. The molecule has 0 bridgehead atoms. The molecule has 1 heterocycles. The van der Waals surface area contributed by atoms with Crippen LogP contribution in [0.25, 0.3) is 0 Å². The molecule has 0 saturated heterocycles. The van der Waals surface area contributed by atoms with Crippen molar-refractivity contribution in [1.29, 1.82) is 0 Å². The van der Waals surface area contributed by atoms with Crippen molar-refractivity contribution in [1.82, 2.24) is 5.16 Å². The number of hydrogen-bond acceptors (Lipinski definition) is 3. The van der Waals surface area contributed by atoms with E-state index in [9.17, 15) is 0 Å². The van der Waals surface area contributed by atoms with E-state index in [1.807, 2.05) is 26.0 Å². The number of rotatable bonds is 3. The molecule has 0 aliphatic heterocycles. The van der Waals surface area contributed by atoms with E-state index in [1.165, 1.54) is 11.1 Å². The molecule has 3 nitrogen and oxygen atoms in total. The van der Waals surface area contributed by atoms with Gasteiger partial charge in [0.15, 0.2) is 0 Å². The van der Waals surface area contributed by atoms with E-state index in [0.29, 0.717) is 6.61 Å². The summed E-state index contributed by atoms with van der Waals surface area (Å²) < 4.78 is 10.9. The van der Waals surface area contributed by atoms with Crippen LogP contribution in [0, 0.1) is 27.7 Å². The van der Waals surface area contributed by atoms with E-state index >= 15 is 0 Å². The van der Waals surface area contributed by atoms with Crippen molar-refractivity contribution in [3.63, 3.8) is 0 Å². The standard InChI is InChI=1S/C14H17NO2/c1-9-6-5-7-14(10(9)2)16-8-13-11(3)15-17-12(13)4/h5-7H,8H2,1-4H3. The molecule has 0 aliphatic carbocycles. The zero-order valence-corrected chi connectivity index (χ0v) is 10.7. The average molecular weight is 231 g/mol. The van der Waals surface area contributed by atoms with Crippen molar-refractivity contribution < 1.29 is 9.26 Å². The van der Waals surface area contributed by atoms with Crippen LogP contribution < -0.4 is 4.74 Å². The van der Waals surface area contributed by atoms with Crippen molar-refractivity contribution in [3.8, 4) is 5.75 Å². The third kappa shape index (κ3) is 2.33. The quantitative estimate of drug-likeness (QED) is 0.811. The highest BCUT2D eigenvalue weighted by Gasteiger charge is 2.10. The number of nitrogens with zero attached hydrogens (tertiary/aromatic N) is 1. The van der Waals surface area contributed by atoms with Crippen molar-refractivity contribution in [3.05, 3.63) is 46.3 Å². The third-order valence-electron chi connectivity index (χ3n) is 3.11. The Bertz CT molecular complexity index is 510. The molecule has 0 aliphatic rings. The summed E-state index contributed by atoms with van der Waals surface area (Å²) in [6, 6.07) is 6.07. The number of hydrogen-bond donors (Lipinski definition) is 0. The molecule has 0 amide bonds. The van der Waals surface area contributed by atoms with Gasteiger partial charge in [0.2, 0.25) is 0 Å². The second-order valence-electron chi connectivity index (χ2n) is 4.29. The van der Waals surface area contributed by atoms with Crippen molar-refractivity contribution in [2.45, 2.75) is 34.3 Å². The Morgan fingerprint density at radius 1 is 1.18 bits per heavy atom. The van der Waals surface area contributed by atoms with Gasteiger partial charge in [0.05, 0.1) is 11.3 Å². The van der Waals surface area contributed by atoms with Gasteiger partial charge in [-0.15, -0.1) is 0 Å². The number of aromatic nitrogens is 1. The van der Waals surface area contributed by atoms with Crippen LogP contribution in [0.15, 0.2) is 22.7 Å². The van der Waals surface area contributed by atoms with E-state index in [2.05, 4.69) is 25.1 Å². The summed E-state index contributed by atoms with van der Waals surface area (Å²) in [4.78, 5) is 0. The second-order valence-corrected chi connectivity index (χ2v) is 4.29. The summed E-state index contributed by atoms with van der Waals surface area (Å²) >= 11 is 0. The topological polar surface area (TPSA) is 35.3 Å². The number of aryl methyl sites for hydroxylation is 3. The average Bonchev–Trinajstić information content (AvgIpc) is 2.62. The molecule has 0 spiro atoms. The molecule has 2 aromatic rings. The van der Waals surface area contributed by atoms with E-state index in [-0.39, 0.29) is 0 Å². The van der Waals surface area contributed by atoms with Gasteiger partial charge >= 0.3 is 0 Å². The summed E-state index contributed by atoms with van der Waals surface area (Å²) in [5, 5.41) is 3.91. The zero-order valence-electron chi connectivity index (χ0n) is 10.7. The van der Waals surface area contributed by atoms with Crippen LogP contribution in [-0.4, -0.2) is 5.16 Å². The first-order valence-corrected chi connectivity index (χ1v) is 5.70. The third-order valence-corrected chi connectivity index (χ3v) is 3.11. The maximum atomic E-state index is 5.82. The van der Waals surface area contributed by atoms with Gasteiger partial charge in [-0.3, -0.25) is 0 Å². The second kappa shape index (κ2) is 4.62. The lowest BCUT2D eigenvalue weighted by Gasteiger charge is -2.10. The first kappa shape index (κ1) is 11.7. The number of benzene rings is 1. The fourth-order valence-corrected chi connectivity index (χ4v) is 1.74. The maximum Gasteiger partial charge on any atom is 0.140 e. The van der Waals surface area contributed by atoms with E-state index in [0.717, 1.165) is 22.8 Å². The number of ether oxygens (including phenoxy) is 1. The molecule has 1 aromatic heterocycles. The van der Waals surface area contributed by atoms with Gasteiger partial charge in [0, 0.05) is 0 Å². The van der Waals surface area contributed by atoms with Crippen molar-refractivity contribution >= 4 is 0 Å². The fourth-order valence-electron chi connectivity index (χ4n) is 1.74. The van der Waals surface area contributed by atoms with Gasteiger partial charge in [-0.25, -0.2) is 0 Å². The Morgan fingerprint density at radius 3 is 2.59 bits per heavy atom. The highest BCUT2D eigenvalue weighted by Crippen LogP contribution is 2.23. The minimum Gasteiger partial charge on any atom is -0.488 e. The largest absolute Gasteiger partial charge is 0.488 e. The van der Waals surface area contributed by atoms with Gasteiger partial charge < -0.3 is 9.26 Å². The molecule has 0 saturated carbocycles. The van der Waals surface area contributed by atoms with E-state index in [1.54, 1.807) is 0 Å². The lowest BCUT2D eigenvalue weighted by Crippen LogP contribution is -1.99. The van der Waals surface area contributed by atoms with Gasteiger partial charge in [0.1, 0.15) is 18.1 Å². The minimum atomic E-state index is 0.505. The van der Waals surface area contributed by atoms with Crippen LogP contribution in [0.2, 0.25) is 0 Å². The van der Waals surface area contributed by atoms with Crippen molar-refractivity contribution in [2.75, 3.05) is 0 Å². The molecular formula is C14H17NO2.